The predicted octanol–water partition coefficient (Wildman–Crippen LogP) is 6.14. The fourth-order valence-electron chi connectivity index (χ4n) is 4.08. The average Bonchev–Trinajstić information content (AvgIpc) is 3.06. The van der Waals surface area contributed by atoms with Crippen molar-refractivity contribution in [2.24, 2.45) is 0 Å². The number of para-hydroxylation sites is 2. The fraction of sp³-hybridized carbons (Fsp3) is 0.174. The van der Waals surface area contributed by atoms with Gasteiger partial charge in [0.05, 0.1) is 23.1 Å². The maximum atomic E-state index is 6.09. The Morgan fingerprint density at radius 2 is 1.78 bits per heavy atom. The standard InChI is InChI=1S/C23H20ClN3/c1-15-5-4-6-17(13-15)22-14-20(16-9-11-18(24)12-10-16)26-23-25-19-7-2-3-8-21(19)27(22)23/h2-13,20,22H,14H2,1H3,(H,25,26)/t20-,22-/m1/s1. The van der Waals surface area contributed by atoms with E-state index in [0.717, 1.165) is 22.9 Å². The number of hydrogen-bond donors (Lipinski definition) is 1. The number of hydrogen-bond acceptors (Lipinski definition) is 2. The van der Waals surface area contributed by atoms with E-state index in [2.05, 4.69) is 71.4 Å². The molecule has 0 spiro atoms. The molecule has 134 valence electrons. The zero-order valence-electron chi connectivity index (χ0n) is 15.1. The summed E-state index contributed by atoms with van der Waals surface area (Å²) in [4.78, 5) is 4.87. The van der Waals surface area contributed by atoms with Crippen molar-refractivity contribution in [3.05, 3.63) is 94.5 Å². The van der Waals surface area contributed by atoms with Gasteiger partial charge in [-0.15, -0.1) is 0 Å². The summed E-state index contributed by atoms with van der Waals surface area (Å²) in [6.07, 6.45) is 0.957. The molecule has 2 atom stereocenters. The maximum absolute atomic E-state index is 6.09. The van der Waals surface area contributed by atoms with Crippen LogP contribution in [0.4, 0.5) is 5.95 Å². The first-order chi connectivity index (χ1) is 13.2. The van der Waals surface area contributed by atoms with Crippen LogP contribution in [0.15, 0.2) is 72.8 Å². The van der Waals surface area contributed by atoms with Gasteiger partial charge in [0.25, 0.3) is 0 Å². The van der Waals surface area contributed by atoms with E-state index in [1.807, 2.05) is 18.2 Å². The third-order valence-corrected chi connectivity index (χ3v) is 5.62. The van der Waals surface area contributed by atoms with Gasteiger partial charge >= 0.3 is 0 Å². The highest BCUT2D eigenvalue weighted by Crippen LogP contribution is 2.41. The first-order valence-corrected chi connectivity index (χ1v) is 9.62. The molecule has 0 radical (unpaired) electrons. The molecule has 0 saturated carbocycles. The molecule has 0 bridgehead atoms. The van der Waals surface area contributed by atoms with Crippen LogP contribution < -0.4 is 5.32 Å². The Morgan fingerprint density at radius 3 is 2.59 bits per heavy atom. The van der Waals surface area contributed by atoms with Gasteiger partial charge in [-0.05, 0) is 48.7 Å². The Hall–Kier alpha value is -2.78. The SMILES string of the molecule is Cc1cccc([C@H]2C[C@H](c3ccc(Cl)cc3)Nc3nc4ccccc4n32)c1. The molecule has 5 rings (SSSR count). The summed E-state index contributed by atoms with van der Waals surface area (Å²) in [5.41, 5.74) is 6.02. The average molecular weight is 374 g/mol. The van der Waals surface area contributed by atoms with Crippen LogP contribution in [-0.4, -0.2) is 9.55 Å². The Labute approximate surface area is 163 Å². The van der Waals surface area contributed by atoms with E-state index in [4.69, 9.17) is 16.6 Å². The highest BCUT2D eigenvalue weighted by Gasteiger charge is 2.30. The summed E-state index contributed by atoms with van der Waals surface area (Å²) in [6.45, 7) is 2.15. The van der Waals surface area contributed by atoms with Gasteiger partial charge in [-0.1, -0.05) is 65.7 Å². The second-order valence-corrected chi connectivity index (χ2v) is 7.64. The minimum atomic E-state index is 0.192. The van der Waals surface area contributed by atoms with Crippen molar-refractivity contribution in [2.75, 3.05) is 5.32 Å². The van der Waals surface area contributed by atoms with Crippen LogP contribution in [0, 0.1) is 6.92 Å². The molecule has 0 aliphatic carbocycles. The summed E-state index contributed by atoms with van der Waals surface area (Å²) < 4.78 is 2.34. The predicted molar refractivity (Wildman–Crippen MR) is 111 cm³/mol. The second kappa shape index (κ2) is 6.43. The zero-order valence-corrected chi connectivity index (χ0v) is 15.8. The lowest BCUT2D eigenvalue weighted by atomic mass is 9.92. The second-order valence-electron chi connectivity index (χ2n) is 7.21. The third kappa shape index (κ3) is 2.88. The van der Waals surface area contributed by atoms with Crippen LogP contribution in [0.2, 0.25) is 5.02 Å². The van der Waals surface area contributed by atoms with Crippen molar-refractivity contribution in [3.8, 4) is 0 Å². The van der Waals surface area contributed by atoms with Crippen molar-refractivity contribution in [1.29, 1.82) is 0 Å². The Balaban J connectivity index is 1.67. The molecule has 27 heavy (non-hydrogen) atoms. The molecule has 1 aromatic heterocycles. The summed E-state index contributed by atoms with van der Waals surface area (Å²) >= 11 is 6.09. The topological polar surface area (TPSA) is 29.9 Å². The zero-order chi connectivity index (χ0) is 18.4. The first kappa shape index (κ1) is 16.4. The van der Waals surface area contributed by atoms with Crippen molar-refractivity contribution in [3.63, 3.8) is 0 Å². The number of aryl methyl sites for hydroxylation is 1. The molecule has 1 N–H and O–H groups in total. The van der Waals surface area contributed by atoms with Crippen molar-refractivity contribution in [2.45, 2.75) is 25.4 Å². The molecular weight excluding hydrogens is 354 g/mol. The van der Waals surface area contributed by atoms with Gasteiger partial charge < -0.3 is 9.88 Å². The van der Waals surface area contributed by atoms with Crippen LogP contribution in [0.5, 0.6) is 0 Å². The normalized spacial score (nSPS) is 18.9. The van der Waals surface area contributed by atoms with Crippen LogP contribution in [0.25, 0.3) is 11.0 Å². The van der Waals surface area contributed by atoms with Gasteiger partial charge in [-0.3, -0.25) is 0 Å². The summed E-state index contributed by atoms with van der Waals surface area (Å²) in [7, 11) is 0. The van der Waals surface area contributed by atoms with Gasteiger partial charge in [-0.25, -0.2) is 4.98 Å². The van der Waals surface area contributed by atoms with E-state index in [1.165, 1.54) is 22.2 Å². The Bertz CT molecular complexity index is 1110. The highest BCUT2D eigenvalue weighted by molar-refractivity contribution is 6.30. The van der Waals surface area contributed by atoms with Crippen LogP contribution in [-0.2, 0) is 0 Å². The number of benzene rings is 3. The van der Waals surface area contributed by atoms with Crippen molar-refractivity contribution >= 4 is 28.6 Å². The molecular formula is C23H20ClN3. The number of rotatable bonds is 2. The molecule has 0 saturated heterocycles. The van der Waals surface area contributed by atoms with Gasteiger partial charge in [0.2, 0.25) is 5.95 Å². The molecule has 2 heterocycles. The fourth-order valence-corrected chi connectivity index (χ4v) is 4.21. The monoisotopic (exact) mass is 373 g/mol. The van der Waals surface area contributed by atoms with Gasteiger partial charge in [0.1, 0.15) is 0 Å². The lowest BCUT2D eigenvalue weighted by molar-refractivity contribution is 0.477. The summed E-state index contributed by atoms with van der Waals surface area (Å²) in [6, 6.07) is 25.7. The number of nitrogens with one attached hydrogen (secondary N) is 1. The van der Waals surface area contributed by atoms with Crippen LogP contribution in [0.3, 0.4) is 0 Å². The number of aromatic nitrogens is 2. The van der Waals surface area contributed by atoms with E-state index in [1.54, 1.807) is 0 Å². The van der Waals surface area contributed by atoms with Gasteiger partial charge in [0.15, 0.2) is 0 Å². The number of anilines is 1. The molecule has 3 aromatic carbocycles. The largest absolute Gasteiger partial charge is 0.349 e. The molecule has 3 nitrogen and oxygen atoms in total. The van der Waals surface area contributed by atoms with E-state index < -0.39 is 0 Å². The highest BCUT2D eigenvalue weighted by atomic mass is 35.5. The van der Waals surface area contributed by atoms with E-state index in [0.29, 0.717) is 0 Å². The van der Waals surface area contributed by atoms with E-state index in [-0.39, 0.29) is 12.1 Å². The lowest BCUT2D eigenvalue weighted by Crippen LogP contribution is -2.27. The molecule has 0 amide bonds. The third-order valence-electron chi connectivity index (χ3n) is 5.37. The minimum absolute atomic E-state index is 0.192. The number of nitrogens with zero attached hydrogens (tertiary/aromatic N) is 2. The molecule has 0 unspecified atom stereocenters. The minimum Gasteiger partial charge on any atom is -0.349 e. The Kier molecular flexibility index (Phi) is 3.91. The molecule has 1 aliphatic rings. The number of imidazole rings is 1. The van der Waals surface area contributed by atoms with Crippen molar-refractivity contribution < 1.29 is 0 Å². The maximum Gasteiger partial charge on any atom is 0.204 e. The van der Waals surface area contributed by atoms with Crippen LogP contribution >= 0.6 is 11.6 Å². The number of fused-ring (bicyclic) bond motifs is 3. The number of halogens is 1. The lowest BCUT2D eigenvalue weighted by Gasteiger charge is -2.33. The molecule has 4 heteroatoms. The molecule has 0 fully saturated rings. The first-order valence-electron chi connectivity index (χ1n) is 9.24. The van der Waals surface area contributed by atoms with E-state index >= 15 is 0 Å². The Morgan fingerprint density at radius 1 is 0.963 bits per heavy atom. The van der Waals surface area contributed by atoms with E-state index in [9.17, 15) is 0 Å². The smallest absolute Gasteiger partial charge is 0.204 e. The summed E-state index contributed by atoms with van der Waals surface area (Å²) in [5, 5.41) is 4.41. The quantitative estimate of drug-likeness (QED) is 0.457. The van der Waals surface area contributed by atoms with Crippen molar-refractivity contribution in [1.82, 2.24) is 9.55 Å². The van der Waals surface area contributed by atoms with Gasteiger partial charge in [-0.2, -0.15) is 0 Å². The summed E-state index contributed by atoms with van der Waals surface area (Å²) in [5.74, 6) is 0.925. The van der Waals surface area contributed by atoms with Gasteiger partial charge in [0, 0.05) is 5.02 Å². The molecule has 4 aromatic rings. The molecule has 1 aliphatic heterocycles. The van der Waals surface area contributed by atoms with Crippen LogP contribution in [0.1, 0.15) is 35.2 Å².